The summed E-state index contributed by atoms with van der Waals surface area (Å²) < 4.78 is 8.17. The van der Waals surface area contributed by atoms with Crippen LogP contribution in [0.5, 0.6) is 0 Å². The van der Waals surface area contributed by atoms with E-state index in [-0.39, 0.29) is 0 Å². The van der Waals surface area contributed by atoms with Crippen LogP contribution in [0.25, 0.3) is 39.0 Å². The molecule has 0 radical (unpaired) electrons. The summed E-state index contributed by atoms with van der Waals surface area (Å²) in [5.74, 6) is 0.661. The summed E-state index contributed by atoms with van der Waals surface area (Å²) in [5.41, 5.74) is 4.90. The summed E-state index contributed by atoms with van der Waals surface area (Å²) in [4.78, 5) is 4.74. The van der Waals surface area contributed by atoms with E-state index in [9.17, 15) is 0 Å². The average Bonchev–Trinajstić information content (AvgIpc) is 3.31. The second kappa shape index (κ2) is 5.35. The molecule has 0 saturated heterocycles. The normalized spacial score (nSPS) is 11.4. The monoisotopic (exact) mass is 324 g/mol. The lowest BCUT2D eigenvalue weighted by atomic mass is 10.1. The number of aryl methyl sites for hydroxylation is 1. The van der Waals surface area contributed by atoms with Gasteiger partial charge in [0.15, 0.2) is 5.58 Å². The smallest absolute Gasteiger partial charge is 0.227 e. The zero-order chi connectivity index (χ0) is 16.8. The fourth-order valence-electron chi connectivity index (χ4n) is 3.28. The van der Waals surface area contributed by atoms with Crippen molar-refractivity contribution in [1.82, 2.24) is 9.55 Å². The van der Waals surface area contributed by atoms with Crippen LogP contribution in [0, 0.1) is 6.92 Å². The van der Waals surface area contributed by atoms with E-state index in [1.807, 2.05) is 36.7 Å². The molecule has 0 saturated carbocycles. The van der Waals surface area contributed by atoms with Gasteiger partial charge in [0.05, 0.1) is 0 Å². The molecule has 5 rings (SSSR count). The van der Waals surface area contributed by atoms with Crippen LogP contribution < -0.4 is 0 Å². The molecule has 0 aliphatic carbocycles. The maximum absolute atomic E-state index is 6.09. The Bertz CT molecular complexity index is 1200. The third-order valence-corrected chi connectivity index (χ3v) is 4.56. The quantitative estimate of drug-likeness (QED) is 0.414. The number of aromatic nitrogens is 2. The first-order chi connectivity index (χ1) is 12.3. The van der Waals surface area contributed by atoms with Crippen LogP contribution in [-0.4, -0.2) is 9.55 Å². The molecule has 0 spiro atoms. The van der Waals surface area contributed by atoms with Crippen LogP contribution >= 0.6 is 0 Å². The van der Waals surface area contributed by atoms with Crippen molar-refractivity contribution in [3.05, 3.63) is 84.7 Å². The highest BCUT2D eigenvalue weighted by Crippen LogP contribution is 2.30. The van der Waals surface area contributed by atoms with E-state index in [4.69, 9.17) is 9.40 Å². The lowest BCUT2D eigenvalue weighted by Gasteiger charge is -2.03. The molecule has 25 heavy (non-hydrogen) atoms. The van der Waals surface area contributed by atoms with E-state index in [2.05, 4.69) is 54.0 Å². The molecule has 3 aromatic carbocycles. The Kier molecular flexibility index (Phi) is 3.01. The first kappa shape index (κ1) is 14.1. The van der Waals surface area contributed by atoms with Crippen LogP contribution in [0.2, 0.25) is 0 Å². The number of nitrogens with zero attached hydrogens (tertiary/aromatic N) is 2. The molecule has 0 unspecified atom stereocenters. The van der Waals surface area contributed by atoms with Gasteiger partial charge < -0.3 is 8.98 Å². The number of hydrogen-bond donors (Lipinski definition) is 0. The average molecular weight is 324 g/mol. The van der Waals surface area contributed by atoms with Gasteiger partial charge in [-0.3, -0.25) is 0 Å². The molecule has 0 N–H and O–H groups in total. The molecule has 0 bridgehead atoms. The summed E-state index contributed by atoms with van der Waals surface area (Å²) in [7, 11) is 0. The molecule has 2 aromatic heterocycles. The fraction of sp³-hybridized carbons (Fsp3) is 0.0455. The van der Waals surface area contributed by atoms with Crippen LogP contribution in [-0.2, 0) is 0 Å². The summed E-state index contributed by atoms with van der Waals surface area (Å²) in [5, 5.41) is 2.40. The summed E-state index contributed by atoms with van der Waals surface area (Å²) in [6.07, 6.45) is 4.07. The molecule has 3 heteroatoms. The Morgan fingerprint density at radius 1 is 0.840 bits per heavy atom. The minimum atomic E-state index is 0.661. The van der Waals surface area contributed by atoms with Crippen molar-refractivity contribution >= 4 is 21.9 Å². The molecule has 2 heterocycles. The first-order valence-corrected chi connectivity index (χ1v) is 8.32. The zero-order valence-corrected chi connectivity index (χ0v) is 13.8. The van der Waals surface area contributed by atoms with Gasteiger partial charge in [-0.15, -0.1) is 0 Å². The molecular formula is C22H16N2O. The van der Waals surface area contributed by atoms with Crippen molar-refractivity contribution in [1.29, 1.82) is 0 Å². The van der Waals surface area contributed by atoms with Crippen molar-refractivity contribution in [2.24, 2.45) is 0 Å². The number of benzene rings is 3. The molecule has 0 aliphatic heterocycles. The first-order valence-electron chi connectivity index (χ1n) is 8.32. The van der Waals surface area contributed by atoms with E-state index in [1.165, 1.54) is 10.8 Å². The number of fused-ring (bicyclic) bond motifs is 2. The maximum atomic E-state index is 6.09. The van der Waals surface area contributed by atoms with Gasteiger partial charge in [-0.1, -0.05) is 30.3 Å². The Hall–Kier alpha value is -3.33. The summed E-state index contributed by atoms with van der Waals surface area (Å²) >= 11 is 0. The predicted molar refractivity (Wildman–Crippen MR) is 101 cm³/mol. The third kappa shape index (κ3) is 2.32. The van der Waals surface area contributed by atoms with Gasteiger partial charge in [0.25, 0.3) is 0 Å². The lowest BCUT2D eigenvalue weighted by molar-refractivity contribution is 0.617. The highest BCUT2D eigenvalue weighted by atomic mass is 16.3. The largest absolute Gasteiger partial charge is 0.436 e. The summed E-state index contributed by atoms with van der Waals surface area (Å²) in [6, 6.07) is 22.8. The predicted octanol–water partition coefficient (Wildman–Crippen LogP) is 5.75. The standard InChI is InChI=1S/C22H16N2O/c1-15-12-19(24-10-4-5-11-24)14-20-21(15)25-22(23-20)18-9-8-16-6-2-3-7-17(16)13-18/h2-14H,1H3. The highest BCUT2D eigenvalue weighted by Gasteiger charge is 2.12. The molecule has 120 valence electrons. The van der Waals surface area contributed by atoms with Gasteiger partial charge >= 0.3 is 0 Å². The van der Waals surface area contributed by atoms with Gasteiger partial charge in [-0.25, -0.2) is 4.98 Å². The topological polar surface area (TPSA) is 31.0 Å². The molecule has 3 nitrogen and oxygen atoms in total. The Labute approximate surface area is 145 Å². The van der Waals surface area contributed by atoms with Crippen molar-refractivity contribution in [3.63, 3.8) is 0 Å². The van der Waals surface area contributed by atoms with Crippen molar-refractivity contribution in [2.45, 2.75) is 6.92 Å². The van der Waals surface area contributed by atoms with Crippen molar-refractivity contribution in [3.8, 4) is 17.1 Å². The number of rotatable bonds is 2. The highest BCUT2D eigenvalue weighted by molar-refractivity contribution is 5.87. The van der Waals surface area contributed by atoms with Gasteiger partial charge in [0.1, 0.15) is 5.52 Å². The zero-order valence-electron chi connectivity index (χ0n) is 13.8. The molecule has 5 aromatic rings. The molecule has 0 aliphatic rings. The van der Waals surface area contributed by atoms with Crippen LogP contribution in [0.1, 0.15) is 5.56 Å². The van der Waals surface area contributed by atoms with Crippen molar-refractivity contribution in [2.75, 3.05) is 0 Å². The Morgan fingerprint density at radius 3 is 2.48 bits per heavy atom. The van der Waals surface area contributed by atoms with E-state index in [0.717, 1.165) is 27.9 Å². The maximum Gasteiger partial charge on any atom is 0.227 e. The lowest BCUT2D eigenvalue weighted by Crippen LogP contribution is -1.90. The van der Waals surface area contributed by atoms with Crippen LogP contribution in [0.3, 0.4) is 0 Å². The van der Waals surface area contributed by atoms with E-state index < -0.39 is 0 Å². The molecule has 0 atom stereocenters. The van der Waals surface area contributed by atoms with E-state index >= 15 is 0 Å². The van der Waals surface area contributed by atoms with Crippen molar-refractivity contribution < 1.29 is 4.42 Å². The van der Waals surface area contributed by atoms with Gasteiger partial charge in [-0.2, -0.15) is 0 Å². The van der Waals surface area contributed by atoms with E-state index in [0.29, 0.717) is 5.89 Å². The van der Waals surface area contributed by atoms with Gasteiger partial charge in [0, 0.05) is 23.6 Å². The Morgan fingerprint density at radius 2 is 1.64 bits per heavy atom. The second-order valence-corrected chi connectivity index (χ2v) is 6.28. The number of oxazole rings is 1. The van der Waals surface area contributed by atoms with Gasteiger partial charge in [0.2, 0.25) is 5.89 Å². The second-order valence-electron chi connectivity index (χ2n) is 6.28. The van der Waals surface area contributed by atoms with Crippen LogP contribution in [0.15, 0.2) is 83.5 Å². The van der Waals surface area contributed by atoms with E-state index in [1.54, 1.807) is 0 Å². The minimum Gasteiger partial charge on any atom is -0.436 e. The molecular weight excluding hydrogens is 308 g/mol. The summed E-state index contributed by atoms with van der Waals surface area (Å²) in [6.45, 7) is 2.06. The minimum absolute atomic E-state index is 0.661. The fourth-order valence-corrected chi connectivity index (χ4v) is 3.28. The molecule has 0 fully saturated rings. The third-order valence-electron chi connectivity index (χ3n) is 4.56. The molecule has 0 amide bonds. The Balaban J connectivity index is 1.67. The van der Waals surface area contributed by atoms with Gasteiger partial charge in [-0.05, 0) is 59.7 Å². The van der Waals surface area contributed by atoms with Crippen LogP contribution in [0.4, 0.5) is 0 Å². The SMILES string of the molecule is Cc1cc(-n2cccc2)cc2nc(-c3ccc4ccccc4c3)oc12. The number of hydrogen-bond acceptors (Lipinski definition) is 2.